The summed E-state index contributed by atoms with van der Waals surface area (Å²) in [7, 11) is 1.62. The average Bonchev–Trinajstić information content (AvgIpc) is 3.08. The molecule has 0 fully saturated rings. The van der Waals surface area contributed by atoms with E-state index in [9.17, 15) is 4.79 Å². The number of methoxy groups -OCH3 is 1. The van der Waals surface area contributed by atoms with Crippen molar-refractivity contribution < 1.29 is 9.53 Å². The number of carbonyl (C=O) groups is 1. The van der Waals surface area contributed by atoms with Crippen molar-refractivity contribution in [1.82, 2.24) is 25.3 Å². The van der Waals surface area contributed by atoms with Crippen LogP contribution >= 0.6 is 23.4 Å². The lowest BCUT2D eigenvalue weighted by Crippen LogP contribution is -2.22. The van der Waals surface area contributed by atoms with Gasteiger partial charge in [0.25, 0.3) is 0 Å². The molecule has 2 aromatic heterocycles. The maximum atomic E-state index is 12.0. The van der Waals surface area contributed by atoms with Crippen molar-refractivity contribution in [2.75, 3.05) is 12.9 Å². The van der Waals surface area contributed by atoms with Crippen molar-refractivity contribution in [2.45, 2.75) is 18.0 Å². The summed E-state index contributed by atoms with van der Waals surface area (Å²) in [6.45, 7) is 0.484. The Kier molecular flexibility index (Phi) is 5.72. The third-order valence-electron chi connectivity index (χ3n) is 3.44. The van der Waals surface area contributed by atoms with Gasteiger partial charge in [0.05, 0.1) is 13.4 Å². The van der Waals surface area contributed by atoms with Gasteiger partial charge in [-0.05, 0) is 29.3 Å². The number of hydrogen-bond acceptors (Lipinski definition) is 6. The van der Waals surface area contributed by atoms with Crippen LogP contribution in [0.1, 0.15) is 12.0 Å². The van der Waals surface area contributed by atoms with Gasteiger partial charge in [-0.15, -0.1) is 11.8 Å². The van der Waals surface area contributed by atoms with Crippen LogP contribution in [0.5, 0.6) is 5.75 Å². The summed E-state index contributed by atoms with van der Waals surface area (Å²) in [4.78, 5) is 27.2. The van der Waals surface area contributed by atoms with Crippen LogP contribution in [0.25, 0.3) is 11.2 Å². The highest BCUT2D eigenvalue weighted by molar-refractivity contribution is 7.99. The Bertz CT molecular complexity index is 869. The number of H-pyrrole nitrogens is 1. The van der Waals surface area contributed by atoms with Crippen LogP contribution in [0.2, 0.25) is 5.28 Å². The molecule has 0 saturated heterocycles. The van der Waals surface area contributed by atoms with Gasteiger partial charge in [0.15, 0.2) is 5.65 Å². The second-order valence-corrected chi connectivity index (χ2v) is 6.54. The molecule has 0 saturated carbocycles. The maximum absolute atomic E-state index is 12.0. The molecule has 130 valence electrons. The molecule has 3 aromatic rings. The minimum Gasteiger partial charge on any atom is -0.497 e. The number of halogens is 1. The topological polar surface area (TPSA) is 92.8 Å². The molecule has 2 heterocycles. The first-order valence-electron chi connectivity index (χ1n) is 7.55. The van der Waals surface area contributed by atoms with Crippen LogP contribution in [-0.4, -0.2) is 38.7 Å². The molecule has 0 unspecified atom stereocenters. The summed E-state index contributed by atoms with van der Waals surface area (Å²) in [6, 6.07) is 7.58. The van der Waals surface area contributed by atoms with Gasteiger partial charge in [-0.3, -0.25) is 4.79 Å². The molecular formula is C16H16ClN5O2S. The molecule has 1 amide bonds. The van der Waals surface area contributed by atoms with Gasteiger partial charge >= 0.3 is 0 Å². The standard InChI is InChI=1S/C16H16ClN5O2S/c1-24-11-4-2-10(3-5-11)8-18-12(23)6-7-25-15-13-14(20-9-19-13)21-16(17)22-15/h2-5,9H,6-8H2,1H3,(H,18,23)(H,19,20,21,22). The highest BCUT2D eigenvalue weighted by Gasteiger charge is 2.10. The Morgan fingerprint density at radius 2 is 2.12 bits per heavy atom. The van der Waals surface area contributed by atoms with Crippen LogP contribution in [-0.2, 0) is 11.3 Å². The third kappa shape index (κ3) is 4.61. The Labute approximate surface area is 153 Å². The number of fused-ring (bicyclic) bond motifs is 1. The van der Waals surface area contributed by atoms with E-state index in [2.05, 4.69) is 25.3 Å². The molecule has 0 atom stereocenters. The minimum atomic E-state index is -0.0238. The van der Waals surface area contributed by atoms with E-state index in [1.165, 1.54) is 11.8 Å². The summed E-state index contributed by atoms with van der Waals surface area (Å²) >= 11 is 7.32. The Morgan fingerprint density at radius 1 is 1.32 bits per heavy atom. The van der Waals surface area contributed by atoms with E-state index in [-0.39, 0.29) is 11.2 Å². The molecule has 2 N–H and O–H groups in total. The number of nitrogens with one attached hydrogen (secondary N) is 2. The molecule has 0 radical (unpaired) electrons. The van der Waals surface area contributed by atoms with E-state index in [0.717, 1.165) is 16.8 Å². The van der Waals surface area contributed by atoms with Gasteiger partial charge in [0.1, 0.15) is 16.3 Å². The number of thioether (sulfide) groups is 1. The Morgan fingerprint density at radius 3 is 2.88 bits per heavy atom. The molecule has 3 rings (SSSR count). The SMILES string of the molecule is COc1ccc(CNC(=O)CCSc2nc(Cl)nc3nc[nH]c23)cc1. The monoisotopic (exact) mass is 377 g/mol. The van der Waals surface area contributed by atoms with E-state index < -0.39 is 0 Å². The molecule has 7 nitrogen and oxygen atoms in total. The van der Waals surface area contributed by atoms with Gasteiger partial charge in [-0.25, -0.2) is 9.97 Å². The fourth-order valence-electron chi connectivity index (χ4n) is 2.16. The largest absolute Gasteiger partial charge is 0.497 e. The lowest BCUT2D eigenvalue weighted by molar-refractivity contribution is -0.120. The van der Waals surface area contributed by atoms with Gasteiger partial charge in [0, 0.05) is 18.7 Å². The number of rotatable bonds is 7. The number of amides is 1. The summed E-state index contributed by atoms with van der Waals surface area (Å²) in [5.41, 5.74) is 2.27. The second kappa shape index (κ2) is 8.17. The number of benzene rings is 1. The lowest BCUT2D eigenvalue weighted by atomic mass is 10.2. The normalized spacial score (nSPS) is 10.8. The quantitative estimate of drug-likeness (QED) is 0.373. The van der Waals surface area contributed by atoms with Crippen LogP contribution in [0, 0.1) is 0 Å². The molecule has 1 aromatic carbocycles. The number of aromatic nitrogens is 4. The van der Waals surface area contributed by atoms with Gasteiger partial charge in [0.2, 0.25) is 11.2 Å². The van der Waals surface area contributed by atoms with Crippen molar-refractivity contribution >= 4 is 40.4 Å². The van der Waals surface area contributed by atoms with E-state index in [4.69, 9.17) is 16.3 Å². The minimum absolute atomic E-state index is 0.0238. The number of carbonyl (C=O) groups excluding carboxylic acids is 1. The summed E-state index contributed by atoms with van der Waals surface area (Å²) < 4.78 is 5.11. The smallest absolute Gasteiger partial charge is 0.225 e. The summed E-state index contributed by atoms with van der Waals surface area (Å²) in [5, 5.41) is 3.73. The van der Waals surface area contributed by atoms with E-state index >= 15 is 0 Å². The highest BCUT2D eigenvalue weighted by Crippen LogP contribution is 2.24. The predicted molar refractivity (Wildman–Crippen MR) is 96.9 cm³/mol. The maximum Gasteiger partial charge on any atom is 0.225 e. The van der Waals surface area contributed by atoms with Crippen molar-refractivity contribution in [3.63, 3.8) is 0 Å². The number of nitrogens with zero attached hydrogens (tertiary/aromatic N) is 3. The van der Waals surface area contributed by atoms with Crippen LogP contribution in [0.3, 0.4) is 0 Å². The number of hydrogen-bond donors (Lipinski definition) is 2. The first-order chi connectivity index (χ1) is 12.2. The Hall–Kier alpha value is -2.32. The third-order valence-corrected chi connectivity index (χ3v) is 4.59. The Balaban J connectivity index is 1.48. The van der Waals surface area contributed by atoms with Crippen molar-refractivity contribution in [3.8, 4) is 5.75 Å². The fourth-order valence-corrected chi connectivity index (χ4v) is 3.30. The molecule has 0 aliphatic rings. The van der Waals surface area contributed by atoms with Gasteiger partial charge < -0.3 is 15.0 Å². The highest BCUT2D eigenvalue weighted by atomic mass is 35.5. The van der Waals surface area contributed by atoms with Crippen LogP contribution in [0.4, 0.5) is 0 Å². The average molecular weight is 378 g/mol. The molecular weight excluding hydrogens is 362 g/mol. The van der Waals surface area contributed by atoms with Gasteiger partial charge in [-0.2, -0.15) is 4.98 Å². The zero-order chi connectivity index (χ0) is 17.6. The predicted octanol–water partition coefficient (Wildman–Crippen LogP) is 2.81. The molecule has 0 spiro atoms. The zero-order valence-corrected chi connectivity index (χ0v) is 15.0. The number of imidazole rings is 1. The van der Waals surface area contributed by atoms with E-state index in [0.29, 0.717) is 29.4 Å². The first-order valence-corrected chi connectivity index (χ1v) is 8.91. The molecule has 0 bridgehead atoms. The first kappa shape index (κ1) is 17.5. The molecule has 9 heteroatoms. The van der Waals surface area contributed by atoms with Crippen molar-refractivity contribution in [1.29, 1.82) is 0 Å². The fraction of sp³-hybridized carbons (Fsp3) is 0.250. The second-order valence-electron chi connectivity index (χ2n) is 5.12. The van der Waals surface area contributed by atoms with Crippen molar-refractivity contribution in [3.05, 3.63) is 41.4 Å². The van der Waals surface area contributed by atoms with Crippen molar-refractivity contribution in [2.24, 2.45) is 0 Å². The molecule has 25 heavy (non-hydrogen) atoms. The van der Waals surface area contributed by atoms with E-state index in [1.54, 1.807) is 13.4 Å². The number of ether oxygens (including phenoxy) is 1. The summed E-state index contributed by atoms with van der Waals surface area (Å²) in [6.07, 6.45) is 1.92. The molecule has 0 aliphatic carbocycles. The van der Waals surface area contributed by atoms with Crippen LogP contribution < -0.4 is 10.1 Å². The lowest BCUT2D eigenvalue weighted by Gasteiger charge is -2.06. The molecule has 0 aliphatic heterocycles. The zero-order valence-electron chi connectivity index (χ0n) is 13.5. The van der Waals surface area contributed by atoms with E-state index in [1.807, 2.05) is 24.3 Å². The van der Waals surface area contributed by atoms with Gasteiger partial charge in [-0.1, -0.05) is 12.1 Å². The number of aromatic amines is 1. The van der Waals surface area contributed by atoms with Crippen LogP contribution in [0.15, 0.2) is 35.6 Å². The summed E-state index contributed by atoms with van der Waals surface area (Å²) in [5.74, 6) is 1.35.